The fraction of sp³-hybridized carbons (Fsp3) is 0.0909. The van der Waals surface area contributed by atoms with Crippen LogP contribution in [0.15, 0.2) is 146 Å². The molecule has 0 atom stereocenters. The number of benzene rings is 6. The molecule has 0 amide bonds. The number of rotatable bonds is 5. The summed E-state index contributed by atoms with van der Waals surface area (Å²) in [5.74, 6) is 0. The monoisotopic (exact) mass is 592 g/mol. The minimum absolute atomic E-state index is 0.945. The van der Waals surface area contributed by atoms with Crippen molar-refractivity contribution >= 4 is 65.8 Å². The molecule has 2 heteroatoms. The Morgan fingerprint density at radius 1 is 0.522 bits per heavy atom. The molecule has 3 aromatic heterocycles. The molecule has 0 saturated heterocycles. The number of hydrogen-bond acceptors (Lipinski definition) is 0. The maximum Gasteiger partial charge on any atom is 0.0620 e. The van der Waals surface area contributed by atoms with Gasteiger partial charge in [-0.3, -0.25) is 0 Å². The summed E-state index contributed by atoms with van der Waals surface area (Å²) in [6, 6.07) is 48.8. The van der Waals surface area contributed by atoms with Gasteiger partial charge in [-0.1, -0.05) is 129 Å². The molecule has 0 N–H and O–H groups in total. The molecule has 0 saturated carbocycles. The third kappa shape index (κ3) is 4.10. The highest BCUT2D eigenvalue weighted by molar-refractivity contribution is 6.31. The summed E-state index contributed by atoms with van der Waals surface area (Å²) in [6.45, 7) is 8.00. The summed E-state index contributed by atoms with van der Waals surface area (Å²) in [4.78, 5) is 0. The minimum atomic E-state index is 0.945. The summed E-state index contributed by atoms with van der Waals surface area (Å²) < 4.78 is 4.95. The predicted octanol–water partition coefficient (Wildman–Crippen LogP) is 11.7. The molecule has 2 nitrogen and oxygen atoms in total. The lowest BCUT2D eigenvalue weighted by Gasteiger charge is -2.13. The fourth-order valence-corrected chi connectivity index (χ4v) is 7.42. The highest BCUT2D eigenvalue weighted by Crippen LogP contribution is 2.41. The lowest BCUT2D eigenvalue weighted by molar-refractivity contribution is 1.08. The molecular weight excluding hydrogens is 556 g/mol. The third-order valence-corrected chi connectivity index (χ3v) is 9.24. The van der Waals surface area contributed by atoms with Crippen molar-refractivity contribution in [2.45, 2.75) is 26.7 Å². The van der Waals surface area contributed by atoms with Crippen molar-refractivity contribution in [3.63, 3.8) is 0 Å². The number of aromatic nitrogens is 2. The Morgan fingerprint density at radius 2 is 1.20 bits per heavy atom. The van der Waals surface area contributed by atoms with Crippen molar-refractivity contribution in [2.24, 2.45) is 0 Å². The first-order valence-electron chi connectivity index (χ1n) is 16.4. The van der Waals surface area contributed by atoms with Crippen LogP contribution in [0.5, 0.6) is 0 Å². The van der Waals surface area contributed by atoms with Crippen LogP contribution in [0.1, 0.15) is 26.7 Å². The van der Waals surface area contributed by atoms with Crippen LogP contribution >= 0.6 is 0 Å². The molecule has 0 fully saturated rings. The Kier molecular flexibility index (Phi) is 6.92. The second kappa shape index (κ2) is 11.4. The Morgan fingerprint density at radius 3 is 2.02 bits per heavy atom. The van der Waals surface area contributed by atoms with Crippen molar-refractivity contribution in [3.05, 3.63) is 151 Å². The molecule has 0 aliphatic heterocycles. The molecule has 9 rings (SSSR count). The molecule has 0 unspecified atom stereocenters. The molecule has 46 heavy (non-hydrogen) atoms. The number of para-hydroxylation sites is 3. The average molecular weight is 593 g/mol. The lowest BCUT2D eigenvalue weighted by Crippen LogP contribution is -2.15. The van der Waals surface area contributed by atoms with Gasteiger partial charge in [0.25, 0.3) is 0 Å². The Labute approximate surface area is 269 Å². The number of hydrogen-bond donors (Lipinski definition) is 0. The molecule has 9 aromatic rings. The van der Waals surface area contributed by atoms with E-state index in [0.29, 0.717) is 0 Å². The summed E-state index contributed by atoms with van der Waals surface area (Å²) in [5, 5.41) is 10.3. The topological polar surface area (TPSA) is 9.34 Å². The van der Waals surface area contributed by atoms with Gasteiger partial charge in [-0.05, 0) is 54.3 Å². The van der Waals surface area contributed by atoms with E-state index in [1.165, 1.54) is 81.9 Å². The van der Waals surface area contributed by atoms with Gasteiger partial charge in [-0.25, -0.2) is 0 Å². The minimum Gasteiger partial charge on any atom is -0.309 e. The molecule has 222 valence electrons. The Balaban J connectivity index is 0.00000153. The van der Waals surface area contributed by atoms with Gasteiger partial charge in [-0.15, -0.1) is 6.58 Å². The number of pyridine rings is 1. The van der Waals surface area contributed by atoms with Gasteiger partial charge in [0.15, 0.2) is 0 Å². The number of allylic oxidation sites excluding steroid dienone is 1. The van der Waals surface area contributed by atoms with Crippen LogP contribution in [0.4, 0.5) is 0 Å². The van der Waals surface area contributed by atoms with E-state index in [-0.39, 0.29) is 0 Å². The first-order valence-corrected chi connectivity index (χ1v) is 16.4. The fourth-order valence-electron chi connectivity index (χ4n) is 7.42. The van der Waals surface area contributed by atoms with Gasteiger partial charge in [0.2, 0.25) is 0 Å². The van der Waals surface area contributed by atoms with E-state index in [1.54, 1.807) is 0 Å². The van der Waals surface area contributed by atoms with Crippen molar-refractivity contribution in [2.75, 3.05) is 0 Å². The second-order valence-corrected chi connectivity index (χ2v) is 11.7. The zero-order chi connectivity index (χ0) is 31.2. The SMILES string of the molecule is C=CCC/C=c1/c2ccc3c(c4ccccc4n3-c3cccc(-c4ccccc4)c3)c2c2cccc3c4ccccc4n1c32.CC. The van der Waals surface area contributed by atoms with Crippen molar-refractivity contribution < 1.29 is 0 Å². The van der Waals surface area contributed by atoms with Crippen LogP contribution in [0.2, 0.25) is 0 Å². The van der Waals surface area contributed by atoms with Gasteiger partial charge < -0.3 is 8.97 Å². The van der Waals surface area contributed by atoms with E-state index in [1.807, 2.05) is 19.9 Å². The molecule has 6 aromatic carbocycles. The maximum atomic E-state index is 4.00. The number of nitrogens with zero attached hydrogens (tertiary/aromatic N) is 2. The van der Waals surface area contributed by atoms with E-state index >= 15 is 0 Å². The van der Waals surface area contributed by atoms with Crippen molar-refractivity contribution in [1.82, 2.24) is 8.97 Å². The molecule has 0 aliphatic carbocycles. The summed E-state index contributed by atoms with van der Waals surface area (Å²) in [5.41, 5.74) is 8.60. The largest absolute Gasteiger partial charge is 0.309 e. The zero-order valence-corrected chi connectivity index (χ0v) is 26.4. The van der Waals surface area contributed by atoms with Gasteiger partial charge in [0.05, 0.1) is 27.4 Å². The van der Waals surface area contributed by atoms with Crippen LogP contribution < -0.4 is 5.35 Å². The highest BCUT2D eigenvalue weighted by Gasteiger charge is 2.20. The molecule has 0 aliphatic rings. The number of fused-ring (bicyclic) bond motifs is 9. The Hall–Kier alpha value is -5.60. The second-order valence-electron chi connectivity index (χ2n) is 11.7. The average Bonchev–Trinajstić information content (AvgIpc) is 3.65. The van der Waals surface area contributed by atoms with Crippen molar-refractivity contribution in [3.8, 4) is 16.8 Å². The molecule has 0 bridgehead atoms. The summed E-state index contributed by atoms with van der Waals surface area (Å²) in [6.07, 6.45) is 6.32. The molecule has 0 radical (unpaired) electrons. The van der Waals surface area contributed by atoms with Crippen molar-refractivity contribution in [1.29, 1.82) is 0 Å². The number of unbranched alkanes of at least 4 members (excludes halogenated alkanes) is 1. The zero-order valence-electron chi connectivity index (χ0n) is 26.4. The van der Waals surface area contributed by atoms with Crippen LogP contribution in [-0.2, 0) is 0 Å². The van der Waals surface area contributed by atoms with E-state index in [9.17, 15) is 0 Å². The molecule has 0 spiro atoms. The van der Waals surface area contributed by atoms with Gasteiger partial charge >= 0.3 is 0 Å². The third-order valence-electron chi connectivity index (χ3n) is 9.24. The highest BCUT2D eigenvalue weighted by atomic mass is 15.0. The first kappa shape index (κ1) is 27.9. The standard InChI is InChI=1S/C42H30N2.C2H6/c1-2-3-5-22-38-34-25-26-39-41(40(34)35-21-13-20-32-31-18-8-10-23-36(31)44(38)42(32)35)33-19-9-11-24-37(33)43(39)30-17-12-16-29(27-30)28-14-6-4-7-15-28;1-2/h2,4,6-27H,1,3,5H2;1-2H3/b38-22-;. The van der Waals surface area contributed by atoms with Crippen LogP contribution in [0, 0.1) is 0 Å². The predicted molar refractivity (Wildman–Crippen MR) is 200 cm³/mol. The summed E-state index contributed by atoms with van der Waals surface area (Å²) >= 11 is 0. The van der Waals surface area contributed by atoms with E-state index in [0.717, 1.165) is 12.8 Å². The van der Waals surface area contributed by atoms with Crippen LogP contribution in [0.25, 0.3) is 82.7 Å². The first-order chi connectivity index (χ1) is 22.8. The van der Waals surface area contributed by atoms with E-state index in [2.05, 4.69) is 155 Å². The van der Waals surface area contributed by atoms with Gasteiger partial charge in [0.1, 0.15) is 0 Å². The van der Waals surface area contributed by atoms with E-state index in [4.69, 9.17) is 0 Å². The Bertz CT molecular complexity index is 2620. The quantitative estimate of drug-likeness (QED) is 0.107. The lowest BCUT2D eigenvalue weighted by atomic mass is 9.98. The van der Waals surface area contributed by atoms with Crippen LogP contribution in [-0.4, -0.2) is 8.97 Å². The normalized spacial score (nSPS) is 12.1. The maximum absolute atomic E-state index is 4.00. The summed E-state index contributed by atoms with van der Waals surface area (Å²) in [7, 11) is 0. The molecular formula is C44H36N2. The molecule has 3 heterocycles. The smallest absolute Gasteiger partial charge is 0.0620 e. The van der Waals surface area contributed by atoms with Gasteiger partial charge in [0, 0.05) is 43.4 Å². The van der Waals surface area contributed by atoms with Gasteiger partial charge in [-0.2, -0.15) is 0 Å². The van der Waals surface area contributed by atoms with E-state index < -0.39 is 0 Å². The van der Waals surface area contributed by atoms with Crippen LogP contribution in [0.3, 0.4) is 0 Å².